The minimum absolute atomic E-state index is 0.193. The van der Waals surface area contributed by atoms with Crippen molar-refractivity contribution in [3.63, 3.8) is 0 Å². The number of fused-ring (bicyclic) bond motifs is 1. The van der Waals surface area contributed by atoms with Gasteiger partial charge in [0.15, 0.2) is 0 Å². The summed E-state index contributed by atoms with van der Waals surface area (Å²) in [7, 11) is 3.68. The second kappa shape index (κ2) is 7.72. The predicted molar refractivity (Wildman–Crippen MR) is 118 cm³/mol. The Balaban J connectivity index is 1.46. The Hall–Kier alpha value is -3.69. The molecule has 0 spiro atoms. The van der Waals surface area contributed by atoms with Gasteiger partial charge in [0.05, 0.1) is 28.0 Å². The van der Waals surface area contributed by atoms with Crippen LogP contribution in [-0.2, 0) is 6.18 Å². The number of anilines is 3. The molecule has 5 rings (SSSR count). The Kier molecular flexibility index (Phi) is 4.95. The molecule has 2 heterocycles. The highest BCUT2D eigenvalue weighted by molar-refractivity contribution is 5.84. The van der Waals surface area contributed by atoms with Crippen molar-refractivity contribution >= 4 is 28.5 Å². The van der Waals surface area contributed by atoms with Crippen LogP contribution >= 0.6 is 0 Å². The maximum Gasteiger partial charge on any atom is 0.416 e. The number of aromatic nitrogens is 4. The fourth-order valence-electron chi connectivity index (χ4n) is 3.52. The van der Waals surface area contributed by atoms with E-state index < -0.39 is 17.6 Å². The largest absolute Gasteiger partial charge is 0.416 e. The highest BCUT2D eigenvalue weighted by Crippen LogP contribution is 2.40. The van der Waals surface area contributed by atoms with Gasteiger partial charge in [-0.25, -0.2) is 14.4 Å². The molecule has 0 unspecified atom stereocenters. The second-order valence-corrected chi connectivity index (χ2v) is 8.28. The number of nitrogens with zero attached hydrogens (tertiary/aromatic N) is 4. The van der Waals surface area contributed by atoms with E-state index in [1.807, 2.05) is 20.2 Å². The summed E-state index contributed by atoms with van der Waals surface area (Å²) in [5.74, 6) is 1.25. The smallest absolute Gasteiger partial charge is 0.347 e. The molecule has 0 amide bonds. The average molecular weight is 456 g/mol. The minimum atomic E-state index is -4.41. The van der Waals surface area contributed by atoms with Gasteiger partial charge in [-0.1, -0.05) is 12.1 Å². The van der Waals surface area contributed by atoms with Gasteiger partial charge in [-0.15, -0.1) is 0 Å². The van der Waals surface area contributed by atoms with Gasteiger partial charge in [0.2, 0.25) is 5.95 Å². The zero-order valence-corrected chi connectivity index (χ0v) is 17.8. The number of benzene rings is 2. The highest BCUT2D eigenvalue weighted by atomic mass is 19.4. The molecular weight excluding hydrogens is 436 g/mol. The first kappa shape index (κ1) is 21.2. The van der Waals surface area contributed by atoms with E-state index in [0.717, 1.165) is 30.7 Å². The maximum absolute atomic E-state index is 14.8. The van der Waals surface area contributed by atoms with Gasteiger partial charge in [-0.2, -0.15) is 18.2 Å². The van der Waals surface area contributed by atoms with Crippen molar-refractivity contribution in [3.05, 3.63) is 59.5 Å². The topological polar surface area (TPSA) is 69.7 Å². The molecule has 2 aromatic carbocycles. The molecule has 0 radical (unpaired) electrons. The number of hydrogen-bond acceptors (Lipinski definition) is 5. The number of halogens is 4. The van der Waals surface area contributed by atoms with Crippen LogP contribution in [0.15, 0.2) is 42.5 Å². The van der Waals surface area contributed by atoms with E-state index in [-0.39, 0.29) is 5.69 Å². The molecule has 0 saturated heterocycles. The Morgan fingerprint density at radius 1 is 1.00 bits per heavy atom. The molecule has 2 N–H and O–H groups in total. The molecule has 1 saturated carbocycles. The molecule has 33 heavy (non-hydrogen) atoms. The van der Waals surface area contributed by atoms with Crippen molar-refractivity contribution < 1.29 is 17.6 Å². The molecule has 1 fully saturated rings. The van der Waals surface area contributed by atoms with Crippen LogP contribution in [0.5, 0.6) is 0 Å². The Morgan fingerprint density at radius 3 is 2.36 bits per heavy atom. The lowest BCUT2D eigenvalue weighted by Crippen LogP contribution is -2.14. The summed E-state index contributed by atoms with van der Waals surface area (Å²) in [4.78, 5) is 18.2. The molecule has 0 aliphatic heterocycles. The van der Waals surface area contributed by atoms with Gasteiger partial charge < -0.3 is 15.2 Å². The molecule has 4 aromatic rings. The average Bonchev–Trinajstić information content (AvgIpc) is 3.54. The third-order valence-electron chi connectivity index (χ3n) is 5.45. The van der Waals surface area contributed by atoms with Crippen LogP contribution in [0.25, 0.3) is 22.4 Å². The number of rotatable bonds is 5. The van der Waals surface area contributed by atoms with E-state index in [0.29, 0.717) is 40.1 Å². The van der Waals surface area contributed by atoms with Crippen LogP contribution in [0.4, 0.5) is 35.0 Å². The van der Waals surface area contributed by atoms with Crippen LogP contribution in [0.2, 0.25) is 0 Å². The van der Waals surface area contributed by atoms with E-state index in [4.69, 9.17) is 0 Å². The SMILES string of the molecule is CN(C)c1nc(Nc2cc3nc(-c4ccc(C(F)(F)F)cc4)[nH]c3cc2F)cc(C2CC2)n1. The lowest BCUT2D eigenvalue weighted by Gasteiger charge is -2.14. The molecule has 0 atom stereocenters. The Labute approximate surface area is 186 Å². The highest BCUT2D eigenvalue weighted by Gasteiger charge is 2.30. The van der Waals surface area contributed by atoms with Crippen molar-refractivity contribution in [2.24, 2.45) is 0 Å². The first-order chi connectivity index (χ1) is 15.7. The van der Waals surface area contributed by atoms with Gasteiger partial charge in [0.25, 0.3) is 0 Å². The summed E-state index contributed by atoms with van der Waals surface area (Å²) in [5, 5.41) is 3.02. The van der Waals surface area contributed by atoms with Gasteiger partial charge >= 0.3 is 6.18 Å². The molecule has 0 bridgehead atoms. The van der Waals surface area contributed by atoms with E-state index in [2.05, 4.69) is 25.3 Å². The van der Waals surface area contributed by atoms with Crippen molar-refractivity contribution in [3.8, 4) is 11.4 Å². The zero-order chi connectivity index (χ0) is 23.3. The molecule has 6 nitrogen and oxygen atoms in total. The van der Waals surface area contributed by atoms with Crippen molar-refractivity contribution in [2.75, 3.05) is 24.3 Å². The van der Waals surface area contributed by atoms with E-state index >= 15 is 0 Å². The lowest BCUT2D eigenvalue weighted by molar-refractivity contribution is -0.137. The Bertz CT molecular complexity index is 1300. The summed E-state index contributed by atoms with van der Waals surface area (Å²) in [6, 6.07) is 9.32. The van der Waals surface area contributed by atoms with Crippen LogP contribution in [0.1, 0.15) is 30.0 Å². The number of nitrogens with one attached hydrogen (secondary N) is 2. The third-order valence-corrected chi connectivity index (χ3v) is 5.45. The first-order valence-corrected chi connectivity index (χ1v) is 10.4. The molecule has 10 heteroatoms. The van der Waals surface area contributed by atoms with Gasteiger partial charge in [-0.05, 0) is 31.0 Å². The van der Waals surface area contributed by atoms with Crippen LogP contribution in [-0.4, -0.2) is 34.0 Å². The lowest BCUT2D eigenvalue weighted by atomic mass is 10.1. The molecule has 170 valence electrons. The predicted octanol–water partition coefficient (Wildman–Crippen LogP) is 5.86. The summed E-state index contributed by atoms with van der Waals surface area (Å²) >= 11 is 0. The van der Waals surface area contributed by atoms with Crippen LogP contribution in [0.3, 0.4) is 0 Å². The first-order valence-electron chi connectivity index (χ1n) is 10.4. The van der Waals surface area contributed by atoms with E-state index in [1.54, 1.807) is 11.0 Å². The second-order valence-electron chi connectivity index (χ2n) is 8.28. The summed E-state index contributed by atoms with van der Waals surface area (Å²) < 4.78 is 53.3. The molecular formula is C23H20F4N6. The number of H-pyrrole nitrogens is 1. The van der Waals surface area contributed by atoms with E-state index in [9.17, 15) is 17.6 Å². The number of hydrogen-bond donors (Lipinski definition) is 2. The minimum Gasteiger partial charge on any atom is -0.347 e. The molecule has 2 aromatic heterocycles. The maximum atomic E-state index is 14.8. The fourth-order valence-corrected chi connectivity index (χ4v) is 3.52. The van der Waals surface area contributed by atoms with E-state index in [1.165, 1.54) is 18.2 Å². The quantitative estimate of drug-likeness (QED) is 0.368. The van der Waals surface area contributed by atoms with Gasteiger partial charge in [0.1, 0.15) is 17.5 Å². The fraction of sp³-hybridized carbons (Fsp3) is 0.261. The summed E-state index contributed by atoms with van der Waals surface area (Å²) in [6.07, 6.45) is -2.27. The zero-order valence-electron chi connectivity index (χ0n) is 17.8. The van der Waals surface area contributed by atoms with Crippen LogP contribution in [0, 0.1) is 5.82 Å². The standard InChI is InChI=1S/C23H20F4N6/c1-33(2)22-31-16(12-3-4-12)11-20(32-22)28-17-10-19-18(9-15(17)24)29-21(30-19)13-5-7-14(8-6-13)23(25,26)27/h5-12H,3-4H2,1-2H3,(H,29,30)(H,28,31,32). The number of imidazole rings is 1. The van der Waals surface area contributed by atoms with Gasteiger partial charge in [0, 0.05) is 37.7 Å². The molecule has 1 aliphatic rings. The van der Waals surface area contributed by atoms with Crippen LogP contribution < -0.4 is 10.2 Å². The van der Waals surface area contributed by atoms with Crippen molar-refractivity contribution in [1.29, 1.82) is 0 Å². The van der Waals surface area contributed by atoms with Crippen molar-refractivity contribution in [1.82, 2.24) is 19.9 Å². The molecule has 1 aliphatic carbocycles. The monoisotopic (exact) mass is 456 g/mol. The summed E-state index contributed by atoms with van der Waals surface area (Å²) in [6.45, 7) is 0. The van der Waals surface area contributed by atoms with Crippen molar-refractivity contribution in [2.45, 2.75) is 24.9 Å². The number of aromatic amines is 1. The normalized spacial score (nSPS) is 14.0. The third kappa shape index (κ3) is 4.33. The summed E-state index contributed by atoms with van der Waals surface area (Å²) in [5.41, 5.74) is 1.74. The number of alkyl halides is 3. The Morgan fingerprint density at radius 2 is 1.73 bits per heavy atom. The van der Waals surface area contributed by atoms with Gasteiger partial charge in [-0.3, -0.25) is 0 Å².